The first kappa shape index (κ1) is 17.8. The van der Waals surface area contributed by atoms with Gasteiger partial charge in [0, 0.05) is 13.1 Å². The van der Waals surface area contributed by atoms with Crippen LogP contribution >= 0.6 is 0 Å². The molecule has 1 aliphatic rings. The number of carbonyl (C=O) groups excluding carboxylic acids is 1. The van der Waals surface area contributed by atoms with Crippen molar-refractivity contribution in [2.45, 2.75) is 39.0 Å². The van der Waals surface area contributed by atoms with Gasteiger partial charge in [0.15, 0.2) is 0 Å². The van der Waals surface area contributed by atoms with Crippen molar-refractivity contribution in [1.82, 2.24) is 4.90 Å². The summed E-state index contributed by atoms with van der Waals surface area (Å²) in [7, 11) is -3.49. The number of anilines is 1. The second kappa shape index (κ2) is 7.81. The van der Waals surface area contributed by atoms with E-state index in [0.717, 1.165) is 57.0 Å². The summed E-state index contributed by atoms with van der Waals surface area (Å²) in [5, 5.41) is 0. The maximum absolute atomic E-state index is 12.5. The molecule has 0 bridgehead atoms. The molecule has 0 N–H and O–H groups in total. The zero-order valence-electron chi connectivity index (χ0n) is 14.0. The third-order valence-corrected chi connectivity index (χ3v) is 5.41. The number of hydrogen-bond acceptors (Lipinski definition) is 3. The summed E-state index contributed by atoms with van der Waals surface area (Å²) in [6.45, 7) is 3.38. The van der Waals surface area contributed by atoms with Crippen molar-refractivity contribution in [3.05, 3.63) is 29.8 Å². The number of nitrogens with zero attached hydrogens (tertiary/aromatic N) is 2. The molecule has 1 aliphatic heterocycles. The van der Waals surface area contributed by atoms with Crippen LogP contribution < -0.4 is 4.31 Å². The summed E-state index contributed by atoms with van der Waals surface area (Å²) in [6.07, 6.45) is 6.31. The molecule has 23 heavy (non-hydrogen) atoms. The number of aryl methyl sites for hydroxylation is 1. The van der Waals surface area contributed by atoms with Crippen molar-refractivity contribution in [1.29, 1.82) is 0 Å². The molecule has 1 saturated heterocycles. The van der Waals surface area contributed by atoms with E-state index in [1.807, 2.05) is 19.1 Å². The Morgan fingerprint density at radius 2 is 1.65 bits per heavy atom. The van der Waals surface area contributed by atoms with E-state index >= 15 is 0 Å². The molecule has 1 aromatic rings. The van der Waals surface area contributed by atoms with Crippen LogP contribution in [0.3, 0.4) is 0 Å². The van der Waals surface area contributed by atoms with Crippen LogP contribution in [0.1, 0.15) is 38.2 Å². The lowest BCUT2D eigenvalue weighted by Gasteiger charge is -2.26. The number of amides is 1. The van der Waals surface area contributed by atoms with E-state index in [0.29, 0.717) is 5.69 Å². The lowest BCUT2D eigenvalue weighted by atomic mass is 10.1. The number of rotatable bonds is 5. The van der Waals surface area contributed by atoms with Gasteiger partial charge < -0.3 is 4.90 Å². The second-order valence-corrected chi connectivity index (χ2v) is 7.99. The van der Waals surface area contributed by atoms with Crippen LogP contribution in [0.25, 0.3) is 0 Å². The Bertz CT molecular complexity index is 618. The number of hydrogen-bond donors (Lipinski definition) is 0. The molecule has 0 radical (unpaired) electrons. The predicted octanol–water partition coefficient (Wildman–Crippen LogP) is 2.42. The van der Waals surface area contributed by atoms with Gasteiger partial charge in [-0.25, -0.2) is 8.42 Å². The lowest BCUT2D eigenvalue weighted by molar-refractivity contribution is -0.129. The fourth-order valence-electron chi connectivity index (χ4n) is 2.84. The molecule has 0 aromatic heterocycles. The molecule has 1 heterocycles. The third-order valence-electron chi connectivity index (χ3n) is 4.27. The van der Waals surface area contributed by atoms with Crippen LogP contribution in [-0.4, -0.2) is 45.1 Å². The Morgan fingerprint density at radius 1 is 1.09 bits per heavy atom. The second-order valence-electron chi connectivity index (χ2n) is 6.08. The van der Waals surface area contributed by atoms with Gasteiger partial charge in [-0.2, -0.15) is 0 Å². The van der Waals surface area contributed by atoms with Crippen molar-refractivity contribution in [3.8, 4) is 0 Å². The number of likely N-dealkylation sites (tertiary alicyclic amines) is 1. The van der Waals surface area contributed by atoms with Crippen LogP contribution in [-0.2, 0) is 21.2 Å². The lowest BCUT2D eigenvalue weighted by Crippen LogP contribution is -2.43. The highest BCUT2D eigenvalue weighted by Gasteiger charge is 2.24. The first-order chi connectivity index (χ1) is 10.9. The highest BCUT2D eigenvalue weighted by Crippen LogP contribution is 2.19. The Morgan fingerprint density at radius 3 is 2.13 bits per heavy atom. The van der Waals surface area contributed by atoms with Gasteiger partial charge in [0.05, 0.1) is 11.9 Å². The molecule has 128 valence electrons. The van der Waals surface area contributed by atoms with E-state index < -0.39 is 10.0 Å². The number of benzene rings is 1. The topological polar surface area (TPSA) is 57.7 Å². The highest BCUT2D eigenvalue weighted by atomic mass is 32.2. The molecule has 0 spiro atoms. The molecule has 2 rings (SSSR count). The van der Waals surface area contributed by atoms with Gasteiger partial charge in [0.25, 0.3) is 0 Å². The van der Waals surface area contributed by atoms with Crippen molar-refractivity contribution in [2.75, 3.05) is 30.2 Å². The summed E-state index contributed by atoms with van der Waals surface area (Å²) in [6, 6.07) is 7.36. The Kier molecular flexibility index (Phi) is 6.04. The average Bonchev–Trinajstić information content (AvgIpc) is 2.81. The summed E-state index contributed by atoms with van der Waals surface area (Å²) >= 11 is 0. The minimum Gasteiger partial charge on any atom is -0.341 e. The van der Waals surface area contributed by atoms with Gasteiger partial charge in [-0.15, -0.1) is 0 Å². The third kappa shape index (κ3) is 4.96. The highest BCUT2D eigenvalue weighted by molar-refractivity contribution is 7.92. The molecule has 0 atom stereocenters. The fourth-order valence-corrected chi connectivity index (χ4v) is 3.69. The van der Waals surface area contributed by atoms with Gasteiger partial charge in [0.2, 0.25) is 15.9 Å². The van der Waals surface area contributed by atoms with Crippen LogP contribution in [0.4, 0.5) is 5.69 Å². The van der Waals surface area contributed by atoms with E-state index in [1.54, 1.807) is 17.0 Å². The maximum Gasteiger partial charge on any atom is 0.243 e. The standard InChI is InChI=1S/C17H26N2O3S/c1-3-15-8-10-16(11-9-15)19(23(2,21)22)14-17(20)18-12-6-4-5-7-13-18/h8-11H,3-7,12-14H2,1-2H3. The summed E-state index contributed by atoms with van der Waals surface area (Å²) in [4.78, 5) is 14.3. The van der Waals surface area contributed by atoms with E-state index in [2.05, 4.69) is 0 Å². The van der Waals surface area contributed by atoms with E-state index in [-0.39, 0.29) is 12.5 Å². The van der Waals surface area contributed by atoms with E-state index in [1.165, 1.54) is 4.31 Å². The van der Waals surface area contributed by atoms with Crippen LogP contribution in [0.15, 0.2) is 24.3 Å². The van der Waals surface area contributed by atoms with Crippen LogP contribution in [0, 0.1) is 0 Å². The van der Waals surface area contributed by atoms with Crippen LogP contribution in [0.5, 0.6) is 0 Å². The molecule has 0 unspecified atom stereocenters. The molecule has 5 nitrogen and oxygen atoms in total. The SMILES string of the molecule is CCc1ccc(N(CC(=O)N2CCCCCC2)S(C)(=O)=O)cc1. The summed E-state index contributed by atoms with van der Waals surface area (Å²) in [5.41, 5.74) is 1.69. The van der Waals surface area contributed by atoms with Crippen LogP contribution in [0.2, 0.25) is 0 Å². The fraction of sp³-hybridized carbons (Fsp3) is 0.588. The molecule has 6 heteroatoms. The van der Waals surface area contributed by atoms with Gasteiger partial charge >= 0.3 is 0 Å². The number of carbonyl (C=O) groups is 1. The van der Waals surface area contributed by atoms with Crippen molar-refractivity contribution in [2.24, 2.45) is 0 Å². The monoisotopic (exact) mass is 338 g/mol. The molecule has 1 fully saturated rings. The largest absolute Gasteiger partial charge is 0.341 e. The normalized spacial score (nSPS) is 16.0. The molecular formula is C17H26N2O3S. The molecule has 0 aliphatic carbocycles. The van der Waals surface area contributed by atoms with E-state index in [9.17, 15) is 13.2 Å². The van der Waals surface area contributed by atoms with Gasteiger partial charge in [-0.1, -0.05) is 31.9 Å². The van der Waals surface area contributed by atoms with Gasteiger partial charge in [-0.05, 0) is 37.0 Å². The summed E-state index contributed by atoms with van der Waals surface area (Å²) in [5.74, 6) is -0.114. The number of sulfonamides is 1. The van der Waals surface area contributed by atoms with E-state index in [4.69, 9.17) is 0 Å². The molecular weight excluding hydrogens is 312 g/mol. The smallest absolute Gasteiger partial charge is 0.243 e. The van der Waals surface area contributed by atoms with Gasteiger partial charge in [-0.3, -0.25) is 9.10 Å². The average molecular weight is 338 g/mol. The first-order valence-corrected chi connectivity index (χ1v) is 10.1. The maximum atomic E-state index is 12.5. The molecule has 0 saturated carbocycles. The predicted molar refractivity (Wildman–Crippen MR) is 93.1 cm³/mol. The zero-order valence-corrected chi connectivity index (χ0v) is 14.8. The Hall–Kier alpha value is -1.56. The molecule has 1 aromatic carbocycles. The Balaban J connectivity index is 2.16. The minimum atomic E-state index is -3.49. The first-order valence-electron chi connectivity index (χ1n) is 8.26. The molecule has 1 amide bonds. The minimum absolute atomic E-state index is 0.114. The van der Waals surface area contributed by atoms with Crippen molar-refractivity contribution >= 4 is 21.6 Å². The van der Waals surface area contributed by atoms with Gasteiger partial charge in [0.1, 0.15) is 6.54 Å². The summed E-state index contributed by atoms with van der Waals surface area (Å²) < 4.78 is 25.5. The Labute approximate surface area is 139 Å². The van der Waals surface area contributed by atoms with Crippen molar-refractivity contribution in [3.63, 3.8) is 0 Å². The van der Waals surface area contributed by atoms with Crippen molar-refractivity contribution < 1.29 is 13.2 Å². The zero-order chi connectivity index (χ0) is 16.9. The quantitative estimate of drug-likeness (QED) is 0.828.